The van der Waals surface area contributed by atoms with Gasteiger partial charge < -0.3 is 5.32 Å². The van der Waals surface area contributed by atoms with Crippen LogP contribution in [0.15, 0.2) is 36.0 Å². The molecule has 1 amide bonds. The number of benzene rings is 1. The standard InChI is InChI=1S/C13H13BrN2OS/c1-9(12-7-15-8-18-12)16-13(17)11-4-2-3-10(5-11)6-14/h2-5,7-9H,6H2,1H3,(H,16,17). The van der Waals surface area contributed by atoms with Crippen molar-refractivity contribution in [1.82, 2.24) is 10.3 Å². The summed E-state index contributed by atoms with van der Waals surface area (Å²) in [4.78, 5) is 17.1. The SMILES string of the molecule is CC(NC(=O)c1cccc(CBr)c1)c1cncs1. The number of nitrogens with zero attached hydrogens (tertiary/aromatic N) is 1. The Morgan fingerprint density at radius 2 is 2.39 bits per heavy atom. The molecule has 0 fully saturated rings. The molecule has 94 valence electrons. The Kier molecular flexibility index (Phi) is 4.49. The topological polar surface area (TPSA) is 42.0 Å². The molecule has 0 aliphatic heterocycles. The van der Waals surface area contributed by atoms with Gasteiger partial charge in [0.2, 0.25) is 0 Å². The molecular formula is C13H13BrN2OS. The molecule has 18 heavy (non-hydrogen) atoms. The second-order valence-electron chi connectivity index (χ2n) is 3.93. The van der Waals surface area contributed by atoms with Crippen molar-refractivity contribution in [2.24, 2.45) is 0 Å². The number of halogens is 1. The van der Waals surface area contributed by atoms with E-state index < -0.39 is 0 Å². The Morgan fingerprint density at radius 1 is 1.56 bits per heavy atom. The summed E-state index contributed by atoms with van der Waals surface area (Å²) in [7, 11) is 0. The summed E-state index contributed by atoms with van der Waals surface area (Å²) >= 11 is 4.93. The minimum absolute atomic E-state index is 0.0161. The van der Waals surface area contributed by atoms with Crippen LogP contribution in [0.1, 0.15) is 33.8 Å². The van der Waals surface area contributed by atoms with Gasteiger partial charge in [0.15, 0.2) is 0 Å². The number of aromatic nitrogens is 1. The maximum absolute atomic E-state index is 12.1. The first-order chi connectivity index (χ1) is 8.70. The first-order valence-electron chi connectivity index (χ1n) is 5.55. The maximum atomic E-state index is 12.1. The lowest BCUT2D eigenvalue weighted by Crippen LogP contribution is -2.26. The van der Waals surface area contributed by atoms with Gasteiger partial charge in [-0.05, 0) is 24.6 Å². The molecule has 2 rings (SSSR count). The molecule has 0 saturated heterocycles. The highest BCUT2D eigenvalue weighted by Gasteiger charge is 2.12. The van der Waals surface area contributed by atoms with E-state index in [2.05, 4.69) is 26.2 Å². The predicted octanol–water partition coefficient (Wildman–Crippen LogP) is 3.53. The number of hydrogen-bond acceptors (Lipinski definition) is 3. The van der Waals surface area contributed by atoms with Crippen molar-refractivity contribution in [2.75, 3.05) is 0 Å². The quantitative estimate of drug-likeness (QED) is 0.874. The Bertz CT molecular complexity index is 528. The van der Waals surface area contributed by atoms with E-state index in [9.17, 15) is 4.79 Å². The maximum Gasteiger partial charge on any atom is 0.251 e. The Morgan fingerprint density at radius 3 is 3.06 bits per heavy atom. The zero-order valence-corrected chi connectivity index (χ0v) is 12.3. The molecule has 3 nitrogen and oxygen atoms in total. The molecule has 0 aliphatic rings. The third-order valence-corrected chi connectivity index (χ3v) is 4.18. The number of alkyl halides is 1. The van der Waals surface area contributed by atoms with E-state index >= 15 is 0 Å². The van der Waals surface area contributed by atoms with Crippen molar-refractivity contribution in [1.29, 1.82) is 0 Å². The summed E-state index contributed by atoms with van der Waals surface area (Å²) in [5.41, 5.74) is 3.54. The molecule has 0 aliphatic carbocycles. The monoisotopic (exact) mass is 324 g/mol. The van der Waals surface area contributed by atoms with E-state index in [4.69, 9.17) is 0 Å². The van der Waals surface area contributed by atoms with Crippen molar-refractivity contribution < 1.29 is 4.79 Å². The fourth-order valence-electron chi connectivity index (χ4n) is 1.59. The van der Waals surface area contributed by atoms with E-state index in [0.717, 1.165) is 15.8 Å². The highest BCUT2D eigenvalue weighted by molar-refractivity contribution is 9.08. The van der Waals surface area contributed by atoms with E-state index in [1.807, 2.05) is 31.2 Å². The predicted molar refractivity (Wildman–Crippen MR) is 77.1 cm³/mol. The van der Waals surface area contributed by atoms with Gasteiger partial charge in [-0.1, -0.05) is 28.1 Å². The molecule has 1 heterocycles. The third-order valence-electron chi connectivity index (χ3n) is 2.57. The zero-order valence-electron chi connectivity index (χ0n) is 9.89. The minimum atomic E-state index is -0.0568. The van der Waals surface area contributed by atoms with Crippen LogP contribution in [-0.2, 0) is 5.33 Å². The Hall–Kier alpha value is -1.20. The van der Waals surface area contributed by atoms with E-state index in [0.29, 0.717) is 5.56 Å². The molecule has 1 N–H and O–H groups in total. The number of hydrogen-bond donors (Lipinski definition) is 1. The van der Waals surface area contributed by atoms with Gasteiger partial charge in [0, 0.05) is 22.0 Å². The molecule has 2 aromatic rings. The summed E-state index contributed by atoms with van der Waals surface area (Å²) in [6, 6.07) is 7.57. The van der Waals surface area contributed by atoms with Gasteiger partial charge >= 0.3 is 0 Å². The van der Waals surface area contributed by atoms with Gasteiger partial charge in [0.1, 0.15) is 0 Å². The van der Waals surface area contributed by atoms with Crippen LogP contribution in [0.2, 0.25) is 0 Å². The second kappa shape index (κ2) is 6.11. The molecule has 1 aromatic heterocycles. The molecule has 1 unspecified atom stereocenters. The van der Waals surface area contributed by atoms with Gasteiger partial charge in [-0.2, -0.15) is 0 Å². The van der Waals surface area contributed by atoms with Crippen LogP contribution < -0.4 is 5.32 Å². The summed E-state index contributed by atoms with van der Waals surface area (Å²) in [5.74, 6) is -0.0568. The fourth-order valence-corrected chi connectivity index (χ4v) is 2.56. The van der Waals surface area contributed by atoms with Crippen LogP contribution in [0, 0.1) is 0 Å². The van der Waals surface area contributed by atoms with Crippen molar-refractivity contribution in [3.63, 3.8) is 0 Å². The summed E-state index contributed by atoms with van der Waals surface area (Å²) in [6.45, 7) is 1.96. The summed E-state index contributed by atoms with van der Waals surface area (Å²) in [6.07, 6.45) is 1.78. The van der Waals surface area contributed by atoms with Crippen molar-refractivity contribution in [2.45, 2.75) is 18.3 Å². The van der Waals surface area contributed by atoms with Crippen molar-refractivity contribution >= 4 is 33.2 Å². The molecule has 1 atom stereocenters. The summed E-state index contributed by atoms with van der Waals surface area (Å²) in [5, 5.41) is 3.71. The van der Waals surface area contributed by atoms with Gasteiger partial charge in [-0.25, -0.2) is 0 Å². The minimum Gasteiger partial charge on any atom is -0.345 e. The highest BCUT2D eigenvalue weighted by atomic mass is 79.9. The lowest BCUT2D eigenvalue weighted by atomic mass is 10.1. The van der Waals surface area contributed by atoms with Crippen LogP contribution in [0.5, 0.6) is 0 Å². The Labute approximate surface area is 118 Å². The van der Waals surface area contributed by atoms with E-state index in [1.54, 1.807) is 23.0 Å². The molecule has 0 radical (unpaired) electrons. The van der Waals surface area contributed by atoms with Gasteiger partial charge in [-0.15, -0.1) is 11.3 Å². The number of carbonyl (C=O) groups excluding carboxylic acids is 1. The lowest BCUT2D eigenvalue weighted by molar-refractivity contribution is 0.0940. The van der Waals surface area contributed by atoms with Crippen LogP contribution in [-0.4, -0.2) is 10.9 Å². The average Bonchev–Trinajstić information content (AvgIpc) is 2.92. The molecule has 1 aromatic carbocycles. The number of amides is 1. The van der Waals surface area contributed by atoms with E-state index in [-0.39, 0.29) is 11.9 Å². The fraction of sp³-hybridized carbons (Fsp3) is 0.231. The summed E-state index contributed by atoms with van der Waals surface area (Å²) < 4.78 is 0. The smallest absolute Gasteiger partial charge is 0.251 e. The van der Waals surface area contributed by atoms with E-state index in [1.165, 1.54) is 0 Å². The normalized spacial score (nSPS) is 12.1. The van der Waals surface area contributed by atoms with Crippen LogP contribution in [0.3, 0.4) is 0 Å². The first-order valence-corrected chi connectivity index (χ1v) is 7.55. The number of rotatable bonds is 4. The van der Waals surface area contributed by atoms with Crippen molar-refractivity contribution in [3.05, 3.63) is 52.0 Å². The van der Waals surface area contributed by atoms with Crippen molar-refractivity contribution in [3.8, 4) is 0 Å². The molecule has 0 bridgehead atoms. The highest BCUT2D eigenvalue weighted by Crippen LogP contribution is 2.17. The largest absolute Gasteiger partial charge is 0.345 e. The third kappa shape index (κ3) is 3.17. The molecule has 0 saturated carbocycles. The first kappa shape index (κ1) is 13.2. The number of nitrogens with one attached hydrogen (secondary N) is 1. The molecule has 5 heteroatoms. The van der Waals surface area contributed by atoms with Gasteiger partial charge in [0.05, 0.1) is 11.6 Å². The second-order valence-corrected chi connectivity index (χ2v) is 5.41. The number of thiazole rings is 1. The average molecular weight is 325 g/mol. The molecular weight excluding hydrogens is 312 g/mol. The van der Waals surface area contributed by atoms with Crippen LogP contribution in [0.25, 0.3) is 0 Å². The zero-order chi connectivity index (χ0) is 13.0. The van der Waals surface area contributed by atoms with Crippen LogP contribution in [0.4, 0.5) is 0 Å². The number of carbonyl (C=O) groups is 1. The van der Waals surface area contributed by atoms with Gasteiger partial charge in [-0.3, -0.25) is 9.78 Å². The van der Waals surface area contributed by atoms with Gasteiger partial charge in [0.25, 0.3) is 5.91 Å². The van der Waals surface area contributed by atoms with Crippen LogP contribution >= 0.6 is 27.3 Å². The Balaban J connectivity index is 2.07. The molecule has 0 spiro atoms. The lowest BCUT2D eigenvalue weighted by Gasteiger charge is -2.12.